The van der Waals surface area contributed by atoms with Gasteiger partial charge in [-0.1, -0.05) is 54.6 Å². The Balaban J connectivity index is 1.43. The highest BCUT2D eigenvalue weighted by Gasteiger charge is 2.41. The van der Waals surface area contributed by atoms with E-state index in [0.717, 1.165) is 21.9 Å². The van der Waals surface area contributed by atoms with E-state index in [0.29, 0.717) is 25.8 Å². The van der Waals surface area contributed by atoms with Crippen LogP contribution in [0.2, 0.25) is 0 Å². The predicted molar refractivity (Wildman–Crippen MR) is 181 cm³/mol. The van der Waals surface area contributed by atoms with Gasteiger partial charge in [0.25, 0.3) is 0 Å². The van der Waals surface area contributed by atoms with E-state index in [1.165, 1.54) is 21.9 Å². The summed E-state index contributed by atoms with van der Waals surface area (Å²) in [7, 11) is 1.56. The molecule has 0 bridgehead atoms. The van der Waals surface area contributed by atoms with Gasteiger partial charge in [-0.2, -0.15) is 0 Å². The molecule has 3 aromatic carbocycles. The number of amides is 5. The molecule has 0 aliphatic carbocycles. The Bertz CT molecular complexity index is 1660. The van der Waals surface area contributed by atoms with E-state index in [1.54, 1.807) is 26.1 Å². The lowest BCUT2D eigenvalue weighted by Gasteiger charge is -2.33. The molecule has 3 aromatic rings. The normalized spacial score (nSPS) is 23.5. The number of aromatic hydroxyl groups is 1. The summed E-state index contributed by atoms with van der Waals surface area (Å²) in [6.07, 6.45) is 1.88. The fraction of sp³-hybridized carbons (Fsp3) is 0.417. The number of phenolic OH excluding ortho intramolecular Hbond substituents is 1. The third-order valence-electron chi connectivity index (χ3n) is 9.33. The van der Waals surface area contributed by atoms with Crippen LogP contribution < -0.4 is 21.7 Å². The molecule has 6 N–H and O–H groups in total. The van der Waals surface area contributed by atoms with Gasteiger partial charge in [0.1, 0.15) is 29.9 Å². The number of nitrogens with zero attached hydrogens (tertiary/aromatic N) is 2. The number of hydrogen-bond donors (Lipinski definition) is 5. The maximum absolute atomic E-state index is 14.3. The van der Waals surface area contributed by atoms with Gasteiger partial charge in [-0.15, -0.1) is 0 Å². The van der Waals surface area contributed by atoms with Crippen molar-refractivity contribution in [1.82, 2.24) is 25.8 Å². The maximum Gasteiger partial charge on any atom is 0.246 e. The van der Waals surface area contributed by atoms with Crippen LogP contribution in [0.1, 0.15) is 43.7 Å². The van der Waals surface area contributed by atoms with E-state index in [9.17, 15) is 29.1 Å². The van der Waals surface area contributed by atoms with Crippen LogP contribution >= 0.6 is 0 Å². The largest absolute Gasteiger partial charge is 0.508 e. The van der Waals surface area contributed by atoms with Crippen molar-refractivity contribution in [2.45, 2.75) is 75.7 Å². The topological polar surface area (TPSA) is 174 Å². The van der Waals surface area contributed by atoms with E-state index in [4.69, 9.17) is 5.73 Å². The van der Waals surface area contributed by atoms with Crippen LogP contribution in [0.15, 0.2) is 66.7 Å². The smallest absolute Gasteiger partial charge is 0.246 e. The van der Waals surface area contributed by atoms with Crippen molar-refractivity contribution >= 4 is 40.3 Å². The molecule has 0 aromatic heterocycles. The Labute approximate surface area is 280 Å². The minimum atomic E-state index is -1.05. The van der Waals surface area contributed by atoms with Crippen LogP contribution in [-0.2, 0) is 36.8 Å². The summed E-state index contributed by atoms with van der Waals surface area (Å²) < 4.78 is 0. The average molecular weight is 657 g/mol. The van der Waals surface area contributed by atoms with Crippen molar-refractivity contribution in [2.75, 3.05) is 20.1 Å². The number of nitrogens with one attached hydrogen (secondary N) is 3. The Morgan fingerprint density at radius 3 is 2.40 bits per heavy atom. The van der Waals surface area contributed by atoms with Crippen LogP contribution in [0.25, 0.3) is 10.8 Å². The second-order valence-corrected chi connectivity index (χ2v) is 12.7. The van der Waals surface area contributed by atoms with Gasteiger partial charge in [-0.05, 0) is 73.1 Å². The summed E-state index contributed by atoms with van der Waals surface area (Å²) in [5.74, 6) is -2.11. The van der Waals surface area contributed by atoms with E-state index >= 15 is 0 Å². The van der Waals surface area contributed by atoms with Crippen molar-refractivity contribution in [3.8, 4) is 5.75 Å². The van der Waals surface area contributed by atoms with Crippen molar-refractivity contribution in [3.05, 3.63) is 77.9 Å². The Kier molecular flexibility index (Phi) is 10.9. The molecule has 2 saturated heterocycles. The fourth-order valence-electron chi connectivity index (χ4n) is 6.35. The molecular weight excluding hydrogens is 612 g/mol. The molecule has 254 valence electrons. The molecule has 48 heavy (non-hydrogen) atoms. The zero-order valence-electron chi connectivity index (χ0n) is 27.4. The van der Waals surface area contributed by atoms with Gasteiger partial charge in [0.05, 0.1) is 6.04 Å². The van der Waals surface area contributed by atoms with Gasteiger partial charge in [0, 0.05) is 26.6 Å². The molecule has 2 heterocycles. The highest BCUT2D eigenvalue weighted by molar-refractivity contribution is 5.96. The molecule has 2 fully saturated rings. The summed E-state index contributed by atoms with van der Waals surface area (Å²) in [4.78, 5) is 71.0. The molecule has 2 aliphatic rings. The minimum absolute atomic E-state index is 0.0920. The second kappa shape index (κ2) is 15.3. The van der Waals surface area contributed by atoms with E-state index in [2.05, 4.69) is 16.0 Å². The van der Waals surface area contributed by atoms with Crippen LogP contribution in [-0.4, -0.2) is 94.8 Å². The lowest BCUT2D eigenvalue weighted by Crippen LogP contribution is -2.58. The lowest BCUT2D eigenvalue weighted by molar-refractivity contribution is -0.147. The average Bonchev–Trinajstić information content (AvgIpc) is 3.58. The first kappa shape index (κ1) is 34.4. The van der Waals surface area contributed by atoms with Gasteiger partial charge in [0.2, 0.25) is 29.5 Å². The number of rotatable bonds is 6. The monoisotopic (exact) mass is 656 g/mol. The number of nitrogens with two attached hydrogens (primary N) is 1. The number of phenols is 1. The van der Waals surface area contributed by atoms with E-state index < -0.39 is 47.9 Å². The molecule has 12 nitrogen and oxygen atoms in total. The van der Waals surface area contributed by atoms with Crippen molar-refractivity contribution in [1.29, 1.82) is 0 Å². The van der Waals surface area contributed by atoms with Gasteiger partial charge in [0.15, 0.2) is 0 Å². The highest BCUT2D eigenvalue weighted by atomic mass is 16.3. The number of fused-ring (bicyclic) bond motifs is 2. The summed E-state index contributed by atoms with van der Waals surface area (Å²) in [6, 6.07) is 15.4. The number of carbonyl (C=O) groups is 5. The third-order valence-corrected chi connectivity index (χ3v) is 9.33. The first-order chi connectivity index (χ1) is 23.0. The molecule has 0 spiro atoms. The summed E-state index contributed by atoms with van der Waals surface area (Å²) >= 11 is 0. The van der Waals surface area contributed by atoms with Gasteiger partial charge in [-0.25, -0.2) is 0 Å². The lowest BCUT2D eigenvalue weighted by atomic mass is 9.99. The maximum atomic E-state index is 14.3. The molecule has 0 radical (unpaired) electrons. The first-order valence-electron chi connectivity index (χ1n) is 16.5. The third kappa shape index (κ3) is 8.11. The number of hydrogen-bond acceptors (Lipinski definition) is 7. The minimum Gasteiger partial charge on any atom is -0.508 e. The first-order valence-corrected chi connectivity index (χ1v) is 16.5. The molecule has 0 unspecified atom stereocenters. The second-order valence-electron chi connectivity index (χ2n) is 12.7. The van der Waals surface area contributed by atoms with Crippen molar-refractivity contribution < 1.29 is 29.1 Å². The summed E-state index contributed by atoms with van der Waals surface area (Å²) in [6.45, 7) is 2.18. The Hall–Kier alpha value is -4.97. The molecule has 5 rings (SSSR count). The van der Waals surface area contributed by atoms with Crippen molar-refractivity contribution in [2.24, 2.45) is 5.73 Å². The Morgan fingerprint density at radius 2 is 1.65 bits per heavy atom. The van der Waals surface area contributed by atoms with Gasteiger partial charge >= 0.3 is 0 Å². The number of benzene rings is 3. The van der Waals surface area contributed by atoms with Crippen LogP contribution in [0.5, 0.6) is 5.75 Å². The predicted octanol–water partition coefficient (Wildman–Crippen LogP) is 1.38. The van der Waals surface area contributed by atoms with Crippen LogP contribution in [0.4, 0.5) is 0 Å². The SMILES string of the molecule is C[C@H]1C(=O)NCCC[C@@H](NC(=O)[C@@H](N)Cc2ccc(O)cc2)C(=O)N[C@@H](Cc2ccc3ccccc3c2)C(=O)N2CCC[C@@H]2C(=O)N1C. The Morgan fingerprint density at radius 1 is 0.938 bits per heavy atom. The van der Waals surface area contributed by atoms with E-state index in [1.807, 2.05) is 42.5 Å². The zero-order chi connectivity index (χ0) is 34.4. The van der Waals surface area contributed by atoms with Crippen LogP contribution in [0.3, 0.4) is 0 Å². The molecule has 0 saturated carbocycles. The van der Waals surface area contributed by atoms with Gasteiger partial charge in [-0.3, -0.25) is 24.0 Å². The molecule has 5 atom stereocenters. The van der Waals surface area contributed by atoms with Crippen LogP contribution in [0, 0.1) is 0 Å². The number of likely N-dealkylation sites (N-methyl/N-ethyl adjacent to an activating group) is 1. The quantitative estimate of drug-likeness (QED) is 0.267. The zero-order valence-corrected chi connectivity index (χ0v) is 27.4. The van der Waals surface area contributed by atoms with Crippen molar-refractivity contribution in [3.63, 3.8) is 0 Å². The fourth-order valence-corrected chi connectivity index (χ4v) is 6.35. The molecule has 12 heteroatoms. The number of carbonyl (C=O) groups excluding carboxylic acids is 5. The summed E-state index contributed by atoms with van der Waals surface area (Å²) in [5.41, 5.74) is 7.79. The summed E-state index contributed by atoms with van der Waals surface area (Å²) in [5, 5.41) is 20.1. The highest BCUT2D eigenvalue weighted by Crippen LogP contribution is 2.23. The molecule has 2 aliphatic heterocycles. The standard InChI is InChI=1S/C36H44N6O6/c1-22-32(44)38-17-5-9-29(39-33(45)28(37)20-23-12-15-27(43)16-13-23)34(46)40-30(21-24-11-14-25-7-3-4-8-26(25)19-24)35(47)42-18-6-10-31(42)36(48)41(22)2/h3-4,7-8,11-16,19,22,28-31,43H,5-6,9-10,17-18,20-21,37H2,1-2H3,(H,38,44)(H,39,45)(H,40,46)/t22-,28-,29+,30-,31+/m0/s1. The van der Waals surface area contributed by atoms with Gasteiger partial charge < -0.3 is 36.6 Å². The molecular formula is C36H44N6O6. The molecule has 5 amide bonds. The van der Waals surface area contributed by atoms with E-state index in [-0.39, 0.29) is 43.4 Å².